The number of fused-ring (bicyclic) bond motifs is 1. The van der Waals surface area contributed by atoms with Gasteiger partial charge in [-0.25, -0.2) is 0 Å². The lowest BCUT2D eigenvalue weighted by Gasteiger charge is -2.13. The predicted octanol–water partition coefficient (Wildman–Crippen LogP) is 1.77. The van der Waals surface area contributed by atoms with Crippen LogP contribution >= 0.6 is 0 Å². The third kappa shape index (κ3) is 1.02. The maximum Gasteiger partial charge on any atom is 0.321 e. The molecule has 0 unspecified atom stereocenters. The zero-order chi connectivity index (χ0) is 10.5. The Balaban J connectivity index is 2.67. The molecule has 0 saturated heterocycles. The van der Waals surface area contributed by atoms with Gasteiger partial charge in [-0.1, -0.05) is 0 Å². The third-order valence-electron chi connectivity index (χ3n) is 2.75. The molecule has 1 aromatic rings. The molecule has 0 aromatic heterocycles. The fourth-order valence-electron chi connectivity index (χ4n) is 1.61. The first-order valence-electron chi connectivity index (χ1n) is 4.56. The Hall–Kier alpha value is -1.51. The molecule has 0 bridgehead atoms. The third-order valence-corrected chi connectivity index (χ3v) is 2.75. The quantitative estimate of drug-likeness (QED) is 0.386. The molecule has 2 rings (SSSR count). The number of ether oxygens (including phenoxy) is 1. The van der Waals surface area contributed by atoms with Crippen LogP contribution in [-0.2, 0) is 10.2 Å². The standard InChI is InChI=1S/C11H13NO2/c1-6-4-7-9(5-8(6)12)14-10(13)11(7,2)3/h4-5H,12H2,1-3H3. The van der Waals surface area contributed by atoms with E-state index in [9.17, 15) is 4.79 Å². The van der Waals surface area contributed by atoms with Gasteiger partial charge in [0.15, 0.2) is 0 Å². The number of nitrogens with two attached hydrogens (primary N) is 1. The summed E-state index contributed by atoms with van der Waals surface area (Å²) in [5.74, 6) is 0.389. The molecule has 1 heterocycles. The highest BCUT2D eigenvalue weighted by Gasteiger charge is 2.41. The van der Waals surface area contributed by atoms with E-state index in [4.69, 9.17) is 10.5 Å². The molecule has 1 aliphatic rings. The molecular weight excluding hydrogens is 178 g/mol. The lowest BCUT2D eigenvalue weighted by molar-refractivity contribution is -0.137. The van der Waals surface area contributed by atoms with Crippen molar-refractivity contribution < 1.29 is 9.53 Å². The highest BCUT2D eigenvalue weighted by atomic mass is 16.5. The van der Waals surface area contributed by atoms with E-state index in [0.29, 0.717) is 11.4 Å². The minimum atomic E-state index is -0.548. The average molecular weight is 191 g/mol. The number of carbonyl (C=O) groups excluding carboxylic acids is 1. The summed E-state index contributed by atoms with van der Waals surface area (Å²) in [5, 5.41) is 0. The minimum Gasteiger partial charge on any atom is -0.425 e. The second-order valence-electron chi connectivity index (χ2n) is 4.22. The van der Waals surface area contributed by atoms with Crippen molar-refractivity contribution in [2.45, 2.75) is 26.2 Å². The highest BCUT2D eigenvalue weighted by molar-refractivity contribution is 5.90. The highest BCUT2D eigenvalue weighted by Crippen LogP contribution is 2.41. The summed E-state index contributed by atoms with van der Waals surface area (Å²) in [6, 6.07) is 3.65. The fourth-order valence-corrected chi connectivity index (χ4v) is 1.61. The van der Waals surface area contributed by atoms with Crippen molar-refractivity contribution in [2.75, 3.05) is 5.73 Å². The summed E-state index contributed by atoms with van der Waals surface area (Å²) in [7, 11) is 0. The van der Waals surface area contributed by atoms with Gasteiger partial charge < -0.3 is 10.5 Å². The van der Waals surface area contributed by atoms with Crippen molar-refractivity contribution in [3.63, 3.8) is 0 Å². The summed E-state index contributed by atoms with van der Waals surface area (Å²) in [5.41, 5.74) is 7.76. The van der Waals surface area contributed by atoms with Gasteiger partial charge >= 0.3 is 5.97 Å². The number of carbonyl (C=O) groups is 1. The smallest absolute Gasteiger partial charge is 0.321 e. The van der Waals surface area contributed by atoms with Crippen molar-refractivity contribution in [2.24, 2.45) is 0 Å². The first kappa shape index (κ1) is 9.06. The van der Waals surface area contributed by atoms with Gasteiger partial charge in [-0.05, 0) is 32.4 Å². The number of hydrogen-bond donors (Lipinski definition) is 1. The van der Waals surface area contributed by atoms with Crippen LogP contribution in [0, 0.1) is 6.92 Å². The average Bonchev–Trinajstić information content (AvgIpc) is 2.28. The molecule has 3 nitrogen and oxygen atoms in total. The number of esters is 1. The van der Waals surface area contributed by atoms with Crippen LogP contribution in [0.3, 0.4) is 0 Å². The number of nitrogen functional groups attached to an aromatic ring is 1. The van der Waals surface area contributed by atoms with Gasteiger partial charge in [0, 0.05) is 17.3 Å². The molecule has 0 amide bonds. The van der Waals surface area contributed by atoms with Crippen LogP contribution in [-0.4, -0.2) is 5.97 Å². The molecule has 0 atom stereocenters. The molecule has 0 aliphatic carbocycles. The molecule has 74 valence electrons. The number of anilines is 1. The first-order valence-corrected chi connectivity index (χ1v) is 4.56. The Labute approximate surface area is 82.9 Å². The van der Waals surface area contributed by atoms with Gasteiger partial charge in [-0.15, -0.1) is 0 Å². The van der Waals surface area contributed by atoms with E-state index in [2.05, 4.69) is 0 Å². The lowest BCUT2D eigenvalue weighted by atomic mass is 9.85. The van der Waals surface area contributed by atoms with E-state index in [1.807, 2.05) is 26.8 Å². The van der Waals surface area contributed by atoms with E-state index < -0.39 is 5.41 Å². The van der Waals surface area contributed by atoms with Crippen molar-refractivity contribution >= 4 is 11.7 Å². The Morgan fingerprint density at radius 2 is 2.00 bits per heavy atom. The molecule has 1 aromatic carbocycles. The zero-order valence-electron chi connectivity index (χ0n) is 8.55. The summed E-state index contributed by atoms with van der Waals surface area (Å²) >= 11 is 0. The second kappa shape index (κ2) is 2.50. The number of aryl methyl sites for hydroxylation is 1. The summed E-state index contributed by atoms with van der Waals surface area (Å²) < 4.78 is 5.14. The van der Waals surface area contributed by atoms with E-state index in [0.717, 1.165) is 11.1 Å². The van der Waals surface area contributed by atoms with Gasteiger partial charge in [0.05, 0.1) is 5.41 Å². The molecule has 0 radical (unpaired) electrons. The van der Waals surface area contributed by atoms with Crippen molar-refractivity contribution in [1.29, 1.82) is 0 Å². The number of hydrogen-bond acceptors (Lipinski definition) is 3. The van der Waals surface area contributed by atoms with E-state index in [1.54, 1.807) is 6.07 Å². The zero-order valence-corrected chi connectivity index (χ0v) is 8.55. The molecule has 2 N–H and O–H groups in total. The van der Waals surface area contributed by atoms with Crippen molar-refractivity contribution in [3.8, 4) is 5.75 Å². The van der Waals surface area contributed by atoms with Gasteiger partial charge in [-0.3, -0.25) is 4.79 Å². The summed E-state index contributed by atoms with van der Waals surface area (Å²) in [4.78, 5) is 11.5. The van der Waals surface area contributed by atoms with Gasteiger partial charge in [0.1, 0.15) is 5.75 Å². The van der Waals surface area contributed by atoms with Gasteiger partial charge in [0.2, 0.25) is 0 Å². The van der Waals surface area contributed by atoms with Crippen molar-refractivity contribution in [1.82, 2.24) is 0 Å². The number of rotatable bonds is 0. The SMILES string of the molecule is Cc1cc2c(cc1N)OC(=O)C2(C)C. The van der Waals surface area contributed by atoms with Crippen LogP contribution < -0.4 is 10.5 Å². The Morgan fingerprint density at radius 3 is 2.64 bits per heavy atom. The lowest BCUT2D eigenvalue weighted by Crippen LogP contribution is -2.25. The van der Waals surface area contributed by atoms with Crippen LogP contribution in [0.5, 0.6) is 5.75 Å². The molecule has 0 saturated carbocycles. The normalized spacial score (nSPS) is 17.8. The minimum absolute atomic E-state index is 0.211. The van der Waals surface area contributed by atoms with E-state index >= 15 is 0 Å². The first-order chi connectivity index (χ1) is 6.43. The fraction of sp³-hybridized carbons (Fsp3) is 0.364. The van der Waals surface area contributed by atoms with Crippen LogP contribution in [0.25, 0.3) is 0 Å². The second-order valence-corrected chi connectivity index (χ2v) is 4.22. The molecule has 3 heteroatoms. The summed E-state index contributed by atoms with van der Waals surface area (Å²) in [6.45, 7) is 5.64. The summed E-state index contributed by atoms with van der Waals surface area (Å²) in [6.07, 6.45) is 0. The van der Waals surface area contributed by atoms with E-state index in [-0.39, 0.29) is 5.97 Å². The molecular formula is C11H13NO2. The topological polar surface area (TPSA) is 52.3 Å². The Bertz CT molecular complexity index is 422. The molecule has 0 spiro atoms. The van der Waals surface area contributed by atoms with E-state index in [1.165, 1.54) is 0 Å². The molecule has 1 aliphatic heterocycles. The molecule has 14 heavy (non-hydrogen) atoms. The van der Waals surface area contributed by atoms with Crippen LogP contribution in [0.2, 0.25) is 0 Å². The van der Waals surface area contributed by atoms with Crippen LogP contribution in [0.4, 0.5) is 5.69 Å². The number of benzene rings is 1. The maximum atomic E-state index is 11.5. The van der Waals surface area contributed by atoms with Gasteiger partial charge in [0.25, 0.3) is 0 Å². The van der Waals surface area contributed by atoms with Crippen LogP contribution in [0.15, 0.2) is 12.1 Å². The Morgan fingerprint density at radius 1 is 1.36 bits per heavy atom. The van der Waals surface area contributed by atoms with Crippen molar-refractivity contribution in [3.05, 3.63) is 23.3 Å². The maximum absolute atomic E-state index is 11.5. The Kier molecular flexibility index (Phi) is 1.62. The van der Waals surface area contributed by atoms with Gasteiger partial charge in [-0.2, -0.15) is 0 Å². The predicted molar refractivity (Wildman–Crippen MR) is 54.3 cm³/mol. The monoisotopic (exact) mass is 191 g/mol. The molecule has 0 fully saturated rings. The largest absolute Gasteiger partial charge is 0.425 e. The van der Waals surface area contributed by atoms with Crippen LogP contribution in [0.1, 0.15) is 25.0 Å².